The number of aryl methyl sites for hydroxylation is 1. The molecule has 3 aromatic rings. The molecule has 2 aliphatic rings. The lowest BCUT2D eigenvalue weighted by Crippen LogP contribution is -2.21. The molecular weight excluding hydrogens is 354 g/mol. The number of likely N-dealkylation sites (tertiary alicyclic amines) is 1. The fourth-order valence-corrected chi connectivity index (χ4v) is 4.75. The zero-order valence-corrected chi connectivity index (χ0v) is 16.1. The number of ether oxygens (including phenoxy) is 1. The molecule has 0 radical (unpaired) electrons. The molecule has 2 nitrogen and oxygen atoms in total. The van der Waals surface area contributed by atoms with Crippen molar-refractivity contribution in [3.8, 4) is 11.5 Å². The van der Waals surface area contributed by atoms with Crippen molar-refractivity contribution in [3.05, 3.63) is 94.0 Å². The Bertz CT molecular complexity index is 999. The Morgan fingerprint density at radius 3 is 2.44 bits per heavy atom. The summed E-state index contributed by atoms with van der Waals surface area (Å²) in [6.45, 7) is 5.23. The molecule has 3 aromatic carbocycles. The molecule has 136 valence electrons. The van der Waals surface area contributed by atoms with Gasteiger partial charge in [-0.15, -0.1) is 0 Å². The van der Waals surface area contributed by atoms with Gasteiger partial charge in [-0.25, -0.2) is 0 Å². The van der Waals surface area contributed by atoms with E-state index in [-0.39, 0.29) is 0 Å². The van der Waals surface area contributed by atoms with Crippen molar-refractivity contribution in [3.63, 3.8) is 0 Å². The van der Waals surface area contributed by atoms with Crippen LogP contribution in [0.15, 0.2) is 66.7 Å². The van der Waals surface area contributed by atoms with Gasteiger partial charge in [-0.3, -0.25) is 4.90 Å². The quantitative estimate of drug-likeness (QED) is 0.533. The van der Waals surface area contributed by atoms with Crippen LogP contribution in [0.3, 0.4) is 0 Å². The van der Waals surface area contributed by atoms with E-state index < -0.39 is 0 Å². The maximum atomic E-state index is 6.35. The molecule has 0 unspecified atom stereocenters. The van der Waals surface area contributed by atoms with E-state index in [4.69, 9.17) is 16.3 Å². The summed E-state index contributed by atoms with van der Waals surface area (Å²) in [7, 11) is 0. The first-order valence-corrected chi connectivity index (χ1v) is 9.90. The molecule has 0 bridgehead atoms. The summed E-state index contributed by atoms with van der Waals surface area (Å²) in [5, 5.41) is 0.777. The van der Waals surface area contributed by atoms with E-state index in [1.807, 2.05) is 12.1 Å². The van der Waals surface area contributed by atoms with E-state index in [0.29, 0.717) is 11.8 Å². The van der Waals surface area contributed by atoms with Crippen molar-refractivity contribution in [2.24, 2.45) is 0 Å². The van der Waals surface area contributed by atoms with Crippen molar-refractivity contribution in [2.75, 3.05) is 13.1 Å². The second-order valence-corrected chi connectivity index (χ2v) is 8.09. The maximum absolute atomic E-state index is 6.35. The van der Waals surface area contributed by atoms with E-state index in [1.165, 1.54) is 22.3 Å². The smallest absolute Gasteiger partial charge is 0.131 e. The van der Waals surface area contributed by atoms with Crippen LogP contribution < -0.4 is 4.74 Å². The van der Waals surface area contributed by atoms with E-state index in [1.54, 1.807) is 0 Å². The minimum absolute atomic E-state index is 0.395. The Kier molecular flexibility index (Phi) is 4.18. The molecule has 0 spiro atoms. The fraction of sp³-hybridized carbons (Fsp3) is 0.250. The molecule has 0 saturated carbocycles. The number of hydrogen-bond acceptors (Lipinski definition) is 2. The molecule has 1 fully saturated rings. The zero-order chi connectivity index (χ0) is 18.4. The molecule has 0 aliphatic carbocycles. The third kappa shape index (κ3) is 3.03. The number of benzene rings is 3. The predicted molar refractivity (Wildman–Crippen MR) is 110 cm³/mol. The van der Waals surface area contributed by atoms with Crippen LogP contribution in [0.5, 0.6) is 11.5 Å². The molecule has 2 aliphatic heterocycles. The van der Waals surface area contributed by atoms with Gasteiger partial charge in [-0.05, 0) is 47.9 Å². The van der Waals surface area contributed by atoms with E-state index in [9.17, 15) is 0 Å². The molecule has 0 aromatic heterocycles. The van der Waals surface area contributed by atoms with Crippen LogP contribution in [0, 0.1) is 6.92 Å². The van der Waals surface area contributed by atoms with Gasteiger partial charge in [0.1, 0.15) is 11.5 Å². The van der Waals surface area contributed by atoms with E-state index in [2.05, 4.69) is 66.4 Å². The van der Waals surface area contributed by atoms with E-state index >= 15 is 0 Å². The molecule has 27 heavy (non-hydrogen) atoms. The Morgan fingerprint density at radius 2 is 1.59 bits per heavy atom. The number of para-hydroxylation sites is 1. The SMILES string of the molecule is Cc1ccccc1CN1C[C@@H]2c3ccccc3Oc3ccc(Cl)cc3[C@H]2C1. The minimum atomic E-state index is 0.395. The van der Waals surface area contributed by atoms with Gasteiger partial charge in [0.05, 0.1) is 0 Å². The Labute approximate surface area is 165 Å². The molecule has 5 rings (SSSR count). The lowest BCUT2D eigenvalue weighted by atomic mass is 9.84. The third-order valence-electron chi connectivity index (χ3n) is 5.96. The standard InChI is InChI=1S/C24H22ClNO/c1-16-6-2-3-7-17(16)13-26-14-21-19-8-4-5-9-23(19)27-24-11-10-18(25)12-20(24)22(21)15-26/h2-12,21-22H,13-15H2,1H3/t21-,22-/m1/s1. The van der Waals surface area contributed by atoms with Crippen LogP contribution in [0.4, 0.5) is 0 Å². The summed E-state index contributed by atoms with van der Waals surface area (Å²) >= 11 is 6.35. The summed E-state index contributed by atoms with van der Waals surface area (Å²) in [4.78, 5) is 2.57. The average molecular weight is 376 g/mol. The lowest BCUT2D eigenvalue weighted by Gasteiger charge is -2.19. The van der Waals surface area contributed by atoms with Gasteiger partial charge >= 0.3 is 0 Å². The van der Waals surface area contributed by atoms with Crippen molar-refractivity contribution < 1.29 is 4.74 Å². The van der Waals surface area contributed by atoms with Gasteiger partial charge < -0.3 is 4.74 Å². The van der Waals surface area contributed by atoms with Crippen molar-refractivity contribution >= 4 is 11.6 Å². The lowest BCUT2D eigenvalue weighted by molar-refractivity contribution is 0.321. The van der Waals surface area contributed by atoms with Crippen LogP contribution in [0.1, 0.15) is 34.1 Å². The van der Waals surface area contributed by atoms with Crippen LogP contribution in [-0.4, -0.2) is 18.0 Å². The Hall–Kier alpha value is -2.29. The molecular formula is C24H22ClNO. The van der Waals surface area contributed by atoms with Gasteiger partial charge in [-0.1, -0.05) is 54.1 Å². The van der Waals surface area contributed by atoms with Gasteiger partial charge in [0, 0.05) is 42.1 Å². The molecule has 1 saturated heterocycles. The van der Waals surface area contributed by atoms with Crippen molar-refractivity contribution in [1.82, 2.24) is 4.90 Å². The van der Waals surface area contributed by atoms with Crippen LogP contribution in [-0.2, 0) is 6.54 Å². The molecule has 3 heteroatoms. The topological polar surface area (TPSA) is 12.5 Å². The summed E-state index contributed by atoms with van der Waals surface area (Å²) in [6.07, 6.45) is 0. The second kappa shape index (κ2) is 6.70. The number of hydrogen-bond donors (Lipinski definition) is 0. The number of rotatable bonds is 2. The molecule has 2 atom stereocenters. The maximum Gasteiger partial charge on any atom is 0.131 e. The predicted octanol–water partition coefficient (Wildman–Crippen LogP) is 6.14. The first-order valence-electron chi connectivity index (χ1n) is 9.52. The zero-order valence-electron chi connectivity index (χ0n) is 15.4. The third-order valence-corrected chi connectivity index (χ3v) is 6.20. The van der Waals surface area contributed by atoms with Crippen LogP contribution in [0.2, 0.25) is 5.02 Å². The second-order valence-electron chi connectivity index (χ2n) is 7.66. The summed E-state index contributed by atoms with van der Waals surface area (Å²) in [5.41, 5.74) is 5.31. The van der Waals surface area contributed by atoms with Gasteiger partial charge in [0.25, 0.3) is 0 Å². The number of halogens is 1. The van der Waals surface area contributed by atoms with Crippen molar-refractivity contribution in [2.45, 2.75) is 25.3 Å². The molecule has 0 N–H and O–H groups in total. The number of nitrogens with zero attached hydrogens (tertiary/aromatic N) is 1. The number of fused-ring (bicyclic) bond motifs is 5. The van der Waals surface area contributed by atoms with Crippen molar-refractivity contribution in [1.29, 1.82) is 0 Å². The fourth-order valence-electron chi connectivity index (χ4n) is 4.57. The average Bonchev–Trinajstić information content (AvgIpc) is 3.04. The van der Waals surface area contributed by atoms with Gasteiger partial charge in [-0.2, -0.15) is 0 Å². The summed E-state index contributed by atoms with van der Waals surface area (Å²) in [5.74, 6) is 2.74. The van der Waals surface area contributed by atoms with Crippen LogP contribution >= 0.6 is 11.6 Å². The van der Waals surface area contributed by atoms with Crippen LogP contribution in [0.25, 0.3) is 0 Å². The highest BCUT2D eigenvalue weighted by Gasteiger charge is 2.39. The first kappa shape index (κ1) is 16.9. The molecule has 0 amide bonds. The highest BCUT2D eigenvalue weighted by Crippen LogP contribution is 2.50. The largest absolute Gasteiger partial charge is 0.457 e. The van der Waals surface area contributed by atoms with E-state index in [0.717, 1.165) is 36.2 Å². The molecule has 2 heterocycles. The first-order chi connectivity index (χ1) is 13.2. The Balaban J connectivity index is 1.54. The Morgan fingerprint density at radius 1 is 0.889 bits per heavy atom. The highest BCUT2D eigenvalue weighted by molar-refractivity contribution is 6.30. The summed E-state index contributed by atoms with van der Waals surface area (Å²) < 4.78 is 6.29. The normalized spacial score (nSPS) is 21.0. The van der Waals surface area contributed by atoms with Gasteiger partial charge in [0.15, 0.2) is 0 Å². The summed E-state index contributed by atoms with van der Waals surface area (Å²) in [6, 6.07) is 23.2. The van der Waals surface area contributed by atoms with Gasteiger partial charge in [0.2, 0.25) is 0 Å². The highest BCUT2D eigenvalue weighted by atomic mass is 35.5. The minimum Gasteiger partial charge on any atom is -0.457 e. The monoisotopic (exact) mass is 375 g/mol.